The number of halogens is 3. The molecule has 0 amide bonds. The highest BCUT2D eigenvalue weighted by Crippen LogP contribution is 2.34. The van der Waals surface area contributed by atoms with Crippen LogP contribution in [0.25, 0.3) is 0 Å². The van der Waals surface area contributed by atoms with Crippen LogP contribution in [0.4, 0.5) is 0 Å². The SMILES string of the molecule is BrC(Br)(Br)Oc1c[n+](Cc2ccccc2)ccn1. The summed E-state index contributed by atoms with van der Waals surface area (Å²) < 4.78 is 6.72. The number of ether oxygens (including phenoxy) is 1. The van der Waals surface area contributed by atoms with E-state index in [9.17, 15) is 0 Å². The van der Waals surface area contributed by atoms with Gasteiger partial charge in [-0.25, -0.2) is 4.98 Å². The summed E-state index contributed by atoms with van der Waals surface area (Å²) in [5, 5.41) is 0. The molecule has 0 bridgehead atoms. The van der Waals surface area contributed by atoms with Gasteiger partial charge >= 0.3 is 0 Å². The van der Waals surface area contributed by atoms with Crippen LogP contribution < -0.4 is 9.30 Å². The molecule has 3 nitrogen and oxygen atoms in total. The number of rotatable bonds is 3. The minimum Gasteiger partial charge on any atom is -0.435 e. The monoisotopic (exact) mass is 435 g/mol. The van der Waals surface area contributed by atoms with Crippen molar-refractivity contribution < 1.29 is 9.30 Å². The third-order valence-corrected chi connectivity index (χ3v) is 2.65. The predicted molar refractivity (Wildman–Crippen MR) is 80.1 cm³/mol. The summed E-state index contributed by atoms with van der Waals surface area (Å²) in [6.07, 6.45) is 5.45. The Balaban J connectivity index is 2.13. The van der Waals surface area contributed by atoms with E-state index in [1.165, 1.54) is 5.56 Å². The Morgan fingerprint density at radius 3 is 2.56 bits per heavy atom. The molecule has 1 aromatic heterocycles. The largest absolute Gasteiger partial charge is 0.435 e. The smallest absolute Gasteiger partial charge is 0.282 e. The Hall–Kier alpha value is -0.460. The fourth-order valence-electron chi connectivity index (χ4n) is 1.47. The van der Waals surface area contributed by atoms with Gasteiger partial charge in [0, 0.05) is 5.56 Å². The van der Waals surface area contributed by atoms with E-state index in [1.807, 2.05) is 35.2 Å². The van der Waals surface area contributed by atoms with Crippen molar-refractivity contribution in [3.8, 4) is 5.88 Å². The second-order valence-electron chi connectivity index (χ2n) is 3.60. The van der Waals surface area contributed by atoms with Gasteiger partial charge in [-0.1, -0.05) is 30.3 Å². The zero-order valence-corrected chi connectivity index (χ0v) is 14.0. The van der Waals surface area contributed by atoms with E-state index in [-0.39, 0.29) is 0 Å². The third kappa shape index (κ3) is 4.66. The molecule has 0 aliphatic rings. The third-order valence-electron chi connectivity index (χ3n) is 2.16. The van der Waals surface area contributed by atoms with Crippen molar-refractivity contribution in [3.05, 3.63) is 54.5 Å². The van der Waals surface area contributed by atoms with Crippen molar-refractivity contribution in [2.24, 2.45) is 0 Å². The van der Waals surface area contributed by atoms with Crippen LogP contribution in [0, 0.1) is 0 Å². The van der Waals surface area contributed by atoms with Crippen LogP contribution in [0.3, 0.4) is 0 Å². The van der Waals surface area contributed by atoms with Crippen molar-refractivity contribution in [2.75, 3.05) is 0 Å². The molecule has 0 saturated heterocycles. The molecule has 2 aromatic rings. The number of alkyl halides is 3. The molecule has 0 spiro atoms. The van der Waals surface area contributed by atoms with E-state index < -0.39 is 2.33 Å². The van der Waals surface area contributed by atoms with Crippen LogP contribution in [-0.2, 0) is 6.54 Å². The quantitative estimate of drug-likeness (QED) is 0.541. The highest BCUT2D eigenvalue weighted by Gasteiger charge is 2.21. The summed E-state index contributed by atoms with van der Waals surface area (Å²) in [5.74, 6) is 0.513. The normalized spacial score (nSPS) is 11.3. The summed E-state index contributed by atoms with van der Waals surface area (Å²) in [6, 6.07) is 10.2. The molecule has 18 heavy (non-hydrogen) atoms. The molecule has 0 atom stereocenters. The molecule has 0 fully saturated rings. The lowest BCUT2D eigenvalue weighted by atomic mass is 10.2. The maximum atomic E-state index is 5.50. The summed E-state index contributed by atoms with van der Waals surface area (Å²) in [6.45, 7) is 0.777. The summed E-state index contributed by atoms with van der Waals surface area (Å²) >= 11 is 9.81. The van der Waals surface area contributed by atoms with Crippen LogP contribution in [0.5, 0.6) is 5.88 Å². The number of hydrogen-bond acceptors (Lipinski definition) is 2. The summed E-state index contributed by atoms with van der Waals surface area (Å²) in [5.41, 5.74) is 1.22. The van der Waals surface area contributed by atoms with Crippen LogP contribution >= 0.6 is 47.8 Å². The number of nitrogens with zero attached hydrogens (tertiary/aromatic N) is 2. The molecule has 0 aliphatic carbocycles. The second-order valence-corrected chi connectivity index (χ2v) is 10.1. The van der Waals surface area contributed by atoms with E-state index in [2.05, 4.69) is 64.9 Å². The molecule has 0 saturated carbocycles. The minimum atomic E-state index is -0.786. The van der Waals surface area contributed by atoms with Crippen LogP contribution in [0.1, 0.15) is 5.56 Å². The van der Waals surface area contributed by atoms with Gasteiger partial charge in [0.05, 0.1) is 6.20 Å². The summed E-state index contributed by atoms with van der Waals surface area (Å²) in [4.78, 5) is 4.13. The average Bonchev–Trinajstić information content (AvgIpc) is 2.28. The first-order valence-corrected chi connectivity index (χ1v) is 7.55. The van der Waals surface area contributed by atoms with Gasteiger partial charge in [-0.3, -0.25) is 0 Å². The molecule has 0 unspecified atom stereocenters. The van der Waals surface area contributed by atoms with Crippen molar-refractivity contribution in [1.29, 1.82) is 0 Å². The standard InChI is InChI=1S/C12H10Br3N2O/c13-12(14,15)18-11-9-17(7-6-16-11)8-10-4-2-1-3-5-10/h1-7,9H,8H2/q+1. The van der Waals surface area contributed by atoms with Crippen LogP contribution in [0.15, 0.2) is 48.9 Å². The highest BCUT2D eigenvalue weighted by molar-refractivity contribution is 9.39. The van der Waals surface area contributed by atoms with Crippen molar-refractivity contribution >= 4 is 47.8 Å². The molecular formula is C12H10Br3N2O+. The Morgan fingerprint density at radius 1 is 1.17 bits per heavy atom. The minimum absolute atomic E-state index is 0.513. The van der Waals surface area contributed by atoms with Crippen LogP contribution in [-0.4, -0.2) is 7.31 Å². The molecule has 0 N–H and O–H groups in total. The zero-order chi connectivity index (χ0) is 13.0. The number of hydrogen-bond donors (Lipinski definition) is 0. The molecule has 0 radical (unpaired) electrons. The van der Waals surface area contributed by atoms with Crippen molar-refractivity contribution in [2.45, 2.75) is 8.87 Å². The van der Waals surface area contributed by atoms with Crippen molar-refractivity contribution in [3.63, 3.8) is 0 Å². The van der Waals surface area contributed by atoms with E-state index in [4.69, 9.17) is 4.74 Å². The van der Waals surface area contributed by atoms with Gasteiger partial charge in [0.15, 0.2) is 12.7 Å². The first-order chi connectivity index (χ1) is 8.53. The van der Waals surface area contributed by atoms with E-state index in [1.54, 1.807) is 6.20 Å². The lowest BCUT2D eigenvalue weighted by Crippen LogP contribution is -2.34. The fourth-order valence-corrected chi connectivity index (χ4v) is 1.97. The van der Waals surface area contributed by atoms with Gasteiger partial charge in [0.1, 0.15) is 0 Å². The molecule has 2 rings (SSSR count). The first kappa shape index (κ1) is 14.0. The van der Waals surface area contributed by atoms with Gasteiger partial charge < -0.3 is 4.74 Å². The van der Waals surface area contributed by atoms with Gasteiger partial charge in [-0.2, -0.15) is 4.57 Å². The lowest BCUT2D eigenvalue weighted by molar-refractivity contribution is -0.689. The number of benzene rings is 1. The maximum absolute atomic E-state index is 5.50. The molecule has 94 valence electrons. The lowest BCUT2D eigenvalue weighted by Gasteiger charge is -2.12. The fraction of sp³-hybridized carbons (Fsp3) is 0.167. The molecule has 6 heteroatoms. The predicted octanol–water partition coefficient (Wildman–Crippen LogP) is 3.59. The Bertz CT molecular complexity index is 514. The van der Waals surface area contributed by atoms with Gasteiger partial charge in [0.25, 0.3) is 8.21 Å². The summed E-state index contributed by atoms with van der Waals surface area (Å²) in [7, 11) is 0. The van der Waals surface area contributed by atoms with E-state index >= 15 is 0 Å². The Morgan fingerprint density at radius 2 is 1.89 bits per heavy atom. The van der Waals surface area contributed by atoms with E-state index in [0.29, 0.717) is 5.88 Å². The van der Waals surface area contributed by atoms with Crippen molar-refractivity contribution in [1.82, 2.24) is 4.98 Å². The average molecular weight is 438 g/mol. The molecule has 1 aromatic carbocycles. The Kier molecular flexibility index (Phi) is 4.75. The highest BCUT2D eigenvalue weighted by atomic mass is 80.0. The molecule has 0 aliphatic heterocycles. The van der Waals surface area contributed by atoms with Gasteiger partial charge in [-0.15, -0.1) is 0 Å². The maximum Gasteiger partial charge on any atom is 0.282 e. The van der Waals surface area contributed by atoms with E-state index in [0.717, 1.165) is 6.54 Å². The zero-order valence-electron chi connectivity index (χ0n) is 9.26. The van der Waals surface area contributed by atoms with Crippen LogP contribution in [0.2, 0.25) is 0 Å². The Labute approximate surface area is 131 Å². The molecular weight excluding hydrogens is 428 g/mol. The van der Waals surface area contributed by atoms with Gasteiger partial charge in [-0.05, 0) is 47.8 Å². The topological polar surface area (TPSA) is 26.0 Å². The first-order valence-electron chi connectivity index (χ1n) is 5.18. The van der Waals surface area contributed by atoms with Gasteiger partial charge in [0.2, 0.25) is 6.20 Å². The molecule has 1 heterocycles. The number of aromatic nitrogens is 2. The second kappa shape index (κ2) is 6.12.